The van der Waals surface area contributed by atoms with Gasteiger partial charge < -0.3 is 24.4 Å². The van der Waals surface area contributed by atoms with E-state index in [0.717, 1.165) is 18.3 Å². The average Bonchev–Trinajstić information content (AvgIpc) is 3.30. The van der Waals surface area contributed by atoms with Gasteiger partial charge in [-0.2, -0.15) is 13.2 Å². The monoisotopic (exact) mass is 395 g/mol. The molecule has 0 spiro atoms. The normalized spacial score (nSPS) is 18.2. The highest BCUT2D eigenvalue weighted by atomic mass is 19.4. The third-order valence-electron chi connectivity index (χ3n) is 4.41. The van der Waals surface area contributed by atoms with E-state index < -0.39 is 17.8 Å². The second-order valence-corrected chi connectivity index (χ2v) is 6.35. The molecule has 28 heavy (non-hydrogen) atoms. The molecule has 2 aliphatic heterocycles. The van der Waals surface area contributed by atoms with Gasteiger partial charge in [-0.1, -0.05) is 0 Å². The number of halogens is 3. The van der Waals surface area contributed by atoms with E-state index in [2.05, 4.69) is 10.3 Å². The van der Waals surface area contributed by atoms with E-state index in [1.165, 1.54) is 4.90 Å². The van der Waals surface area contributed by atoms with Crippen LogP contribution in [0.15, 0.2) is 36.5 Å². The Hall–Kier alpha value is -3.17. The van der Waals surface area contributed by atoms with Crippen LogP contribution in [-0.2, 0) is 6.18 Å². The number of rotatable bonds is 3. The van der Waals surface area contributed by atoms with Crippen molar-refractivity contribution in [3.63, 3.8) is 0 Å². The third kappa shape index (κ3) is 3.90. The van der Waals surface area contributed by atoms with Crippen LogP contribution in [0.5, 0.6) is 17.4 Å². The molecule has 3 heterocycles. The van der Waals surface area contributed by atoms with E-state index in [1.54, 1.807) is 18.2 Å². The molecule has 1 N–H and O–H groups in total. The molecule has 1 fully saturated rings. The van der Waals surface area contributed by atoms with Crippen molar-refractivity contribution in [2.24, 2.45) is 0 Å². The highest BCUT2D eigenvalue weighted by Gasteiger charge is 2.32. The van der Waals surface area contributed by atoms with Crippen molar-refractivity contribution in [1.29, 1.82) is 0 Å². The summed E-state index contributed by atoms with van der Waals surface area (Å²) < 4.78 is 54.4. The molecule has 4 rings (SSSR count). The Morgan fingerprint density at radius 3 is 2.86 bits per heavy atom. The van der Waals surface area contributed by atoms with Crippen LogP contribution in [0.2, 0.25) is 0 Å². The van der Waals surface area contributed by atoms with Crippen molar-refractivity contribution in [3.05, 3.63) is 42.1 Å². The zero-order valence-corrected chi connectivity index (χ0v) is 14.5. The lowest BCUT2D eigenvalue weighted by Gasteiger charge is -2.18. The largest absolute Gasteiger partial charge is 0.472 e. The fraction of sp³-hybridized carbons (Fsp3) is 0.333. The number of fused-ring (bicyclic) bond motifs is 1. The second kappa shape index (κ2) is 7.10. The first-order valence-electron chi connectivity index (χ1n) is 8.54. The summed E-state index contributed by atoms with van der Waals surface area (Å²) in [4.78, 5) is 17.8. The number of amides is 2. The minimum absolute atomic E-state index is 0.113. The molecule has 7 nitrogen and oxygen atoms in total. The van der Waals surface area contributed by atoms with Gasteiger partial charge >= 0.3 is 12.2 Å². The van der Waals surface area contributed by atoms with Crippen molar-refractivity contribution in [3.8, 4) is 17.4 Å². The summed E-state index contributed by atoms with van der Waals surface area (Å²) in [7, 11) is 0. The van der Waals surface area contributed by atoms with Crippen LogP contribution in [0.3, 0.4) is 0 Å². The van der Waals surface area contributed by atoms with E-state index in [-0.39, 0.29) is 25.2 Å². The minimum Gasteiger partial charge on any atom is -0.472 e. The molecule has 1 aromatic carbocycles. The van der Waals surface area contributed by atoms with Crippen molar-refractivity contribution < 1.29 is 32.2 Å². The summed E-state index contributed by atoms with van der Waals surface area (Å²) >= 11 is 0. The number of ether oxygens (including phenoxy) is 3. The molecule has 10 heteroatoms. The van der Waals surface area contributed by atoms with Gasteiger partial charge in [0.2, 0.25) is 12.7 Å². The fourth-order valence-electron chi connectivity index (χ4n) is 3.01. The van der Waals surface area contributed by atoms with E-state index >= 15 is 0 Å². The van der Waals surface area contributed by atoms with Crippen LogP contribution in [0.1, 0.15) is 12.0 Å². The number of carbonyl (C=O) groups is 1. The minimum atomic E-state index is -4.47. The molecule has 0 saturated carbocycles. The number of hydrogen-bond acceptors (Lipinski definition) is 5. The highest BCUT2D eigenvalue weighted by Crippen LogP contribution is 2.34. The number of alkyl halides is 3. The number of carbonyl (C=O) groups excluding carboxylic acids is 1. The van der Waals surface area contributed by atoms with Gasteiger partial charge in [0.25, 0.3) is 0 Å². The van der Waals surface area contributed by atoms with Gasteiger partial charge in [0, 0.05) is 37.0 Å². The van der Waals surface area contributed by atoms with Crippen LogP contribution in [0, 0.1) is 0 Å². The SMILES string of the molecule is O=C(Nc1ccc2c(c1)OCO2)N1CCC(Oc2cc(C(F)(F)F)ccn2)C1. The maximum absolute atomic E-state index is 12.8. The van der Waals surface area contributed by atoms with Crippen LogP contribution in [-0.4, -0.2) is 41.9 Å². The second-order valence-electron chi connectivity index (χ2n) is 6.35. The standard InChI is InChI=1S/C18H16F3N3O4/c19-18(20,21)11-3-5-22-16(7-11)28-13-4-6-24(9-13)17(25)23-12-1-2-14-15(8-12)27-10-26-14/h1-3,5,7-8,13H,4,6,9-10H2,(H,23,25). The number of anilines is 1. The Kier molecular flexibility index (Phi) is 4.62. The Morgan fingerprint density at radius 1 is 1.21 bits per heavy atom. The molecular formula is C18H16F3N3O4. The summed E-state index contributed by atoms with van der Waals surface area (Å²) in [5.41, 5.74) is -0.272. The lowest BCUT2D eigenvalue weighted by atomic mass is 10.2. The smallest absolute Gasteiger partial charge is 0.416 e. The zero-order chi connectivity index (χ0) is 19.7. The molecule has 2 aliphatic rings. The van der Waals surface area contributed by atoms with Crippen LogP contribution < -0.4 is 19.5 Å². The summed E-state index contributed by atoms with van der Waals surface area (Å²) in [5, 5.41) is 2.76. The first-order chi connectivity index (χ1) is 13.4. The lowest BCUT2D eigenvalue weighted by molar-refractivity contribution is -0.137. The molecule has 1 unspecified atom stereocenters. The Balaban J connectivity index is 1.34. The van der Waals surface area contributed by atoms with Gasteiger partial charge in [-0.3, -0.25) is 0 Å². The predicted molar refractivity (Wildman–Crippen MR) is 91.4 cm³/mol. The van der Waals surface area contributed by atoms with Crippen molar-refractivity contribution >= 4 is 11.7 Å². The van der Waals surface area contributed by atoms with Crippen molar-refractivity contribution in [2.75, 3.05) is 25.2 Å². The first-order valence-corrected chi connectivity index (χ1v) is 8.54. The molecule has 2 aromatic rings. The zero-order valence-electron chi connectivity index (χ0n) is 14.5. The molecule has 2 amide bonds. The van der Waals surface area contributed by atoms with Crippen molar-refractivity contribution in [1.82, 2.24) is 9.88 Å². The van der Waals surface area contributed by atoms with Crippen LogP contribution >= 0.6 is 0 Å². The molecule has 1 saturated heterocycles. The van der Waals surface area contributed by atoms with Gasteiger partial charge in [-0.15, -0.1) is 0 Å². The molecular weight excluding hydrogens is 379 g/mol. The lowest BCUT2D eigenvalue weighted by Crippen LogP contribution is -2.34. The van der Waals surface area contributed by atoms with Gasteiger partial charge in [0.1, 0.15) is 6.10 Å². The number of urea groups is 1. The number of benzene rings is 1. The van der Waals surface area contributed by atoms with Gasteiger partial charge in [-0.05, 0) is 18.2 Å². The number of aromatic nitrogens is 1. The summed E-state index contributed by atoms with van der Waals surface area (Å²) in [6.07, 6.45) is -3.35. The topological polar surface area (TPSA) is 72.9 Å². The summed E-state index contributed by atoms with van der Waals surface area (Å²) in [6.45, 7) is 0.801. The number of nitrogens with zero attached hydrogens (tertiary/aromatic N) is 2. The number of pyridine rings is 1. The van der Waals surface area contributed by atoms with E-state index in [0.29, 0.717) is 30.2 Å². The number of hydrogen-bond donors (Lipinski definition) is 1. The quantitative estimate of drug-likeness (QED) is 0.861. The van der Waals surface area contributed by atoms with Crippen LogP contribution in [0.25, 0.3) is 0 Å². The number of likely N-dealkylation sites (tertiary alicyclic amines) is 1. The Morgan fingerprint density at radius 2 is 2.04 bits per heavy atom. The highest BCUT2D eigenvalue weighted by molar-refractivity contribution is 5.90. The third-order valence-corrected chi connectivity index (χ3v) is 4.41. The molecule has 1 aromatic heterocycles. The van der Waals surface area contributed by atoms with Gasteiger partial charge in [0.15, 0.2) is 11.5 Å². The number of nitrogens with one attached hydrogen (secondary N) is 1. The van der Waals surface area contributed by atoms with Crippen LogP contribution in [0.4, 0.5) is 23.7 Å². The average molecular weight is 395 g/mol. The fourth-order valence-corrected chi connectivity index (χ4v) is 3.01. The van der Waals surface area contributed by atoms with E-state index in [1.807, 2.05) is 0 Å². The molecule has 0 bridgehead atoms. The molecule has 1 atom stereocenters. The van der Waals surface area contributed by atoms with E-state index in [9.17, 15) is 18.0 Å². The molecule has 0 radical (unpaired) electrons. The Bertz CT molecular complexity index is 891. The predicted octanol–water partition coefficient (Wildman–Crippen LogP) is 3.51. The maximum Gasteiger partial charge on any atom is 0.416 e. The van der Waals surface area contributed by atoms with E-state index in [4.69, 9.17) is 14.2 Å². The van der Waals surface area contributed by atoms with Crippen molar-refractivity contribution in [2.45, 2.75) is 18.7 Å². The Labute approximate surface area is 158 Å². The molecule has 0 aliphatic carbocycles. The van der Waals surface area contributed by atoms with Gasteiger partial charge in [-0.25, -0.2) is 9.78 Å². The van der Waals surface area contributed by atoms with Gasteiger partial charge in [0.05, 0.1) is 12.1 Å². The molecule has 148 valence electrons. The summed E-state index contributed by atoms with van der Waals surface area (Å²) in [5.74, 6) is 1.05. The summed E-state index contributed by atoms with van der Waals surface area (Å²) in [6, 6.07) is 6.47. The first kappa shape index (κ1) is 18.2. The maximum atomic E-state index is 12.8.